The molecule has 5 heteroatoms. The van der Waals surface area contributed by atoms with Crippen LogP contribution < -0.4 is 10.6 Å². The number of nitrogens with one attached hydrogen (secondary N) is 3. The molecule has 0 unspecified atom stereocenters. The van der Waals surface area contributed by atoms with Crippen molar-refractivity contribution in [3.8, 4) is 11.3 Å². The molecule has 0 saturated carbocycles. The van der Waals surface area contributed by atoms with Gasteiger partial charge < -0.3 is 10.6 Å². The Bertz CT molecular complexity index is 1090. The molecular weight excluding hydrogens is 356 g/mol. The Morgan fingerprint density at radius 2 is 1.48 bits per heavy atom. The van der Waals surface area contributed by atoms with Crippen LogP contribution in [0, 0.1) is 0 Å². The Labute approximate surface area is 162 Å². The Kier molecular flexibility index (Phi) is 3.84. The molecule has 0 bridgehead atoms. The van der Waals surface area contributed by atoms with E-state index in [-0.39, 0.29) is 6.04 Å². The van der Waals surface area contributed by atoms with E-state index in [1.165, 1.54) is 0 Å². The van der Waals surface area contributed by atoms with Crippen LogP contribution >= 0.6 is 11.6 Å². The van der Waals surface area contributed by atoms with Gasteiger partial charge in [0.25, 0.3) is 0 Å². The maximum absolute atomic E-state index is 6.12. The second-order valence-electron chi connectivity index (χ2n) is 6.53. The number of hydrogen-bond acceptors (Lipinski definition) is 3. The Morgan fingerprint density at radius 1 is 0.778 bits per heavy atom. The Balaban J connectivity index is 1.72. The first kappa shape index (κ1) is 16.0. The van der Waals surface area contributed by atoms with Crippen molar-refractivity contribution in [1.82, 2.24) is 10.2 Å². The maximum atomic E-state index is 6.12. The molecule has 0 spiro atoms. The van der Waals surface area contributed by atoms with Gasteiger partial charge in [-0.3, -0.25) is 5.10 Å². The third kappa shape index (κ3) is 2.84. The summed E-state index contributed by atoms with van der Waals surface area (Å²) in [6.45, 7) is 0. The van der Waals surface area contributed by atoms with Crippen molar-refractivity contribution < 1.29 is 0 Å². The SMILES string of the molecule is Clc1ccc([C@H]2Nc3ccccc3Nc3n[nH]c(-c4ccccc4)c32)cc1. The summed E-state index contributed by atoms with van der Waals surface area (Å²) >= 11 is 6.12. The van der Waals surface area contributed by atoms with E-state index in [0.29, 0.717) is 0 Å². The largest absolute Gasteiger partial charge is 0.372 e. The number of halogens is 1. The quantitative estimate of drug-likeness (QED) is 0.405. The van der Waals surface area contributed by atoms with Gasteiger partial charge >= 0.3 is 0 Å². The predicted molar refractivity (Wildman–Crippen MR) is 111 cm³/mol. The summed E-state index contributed by atoms with van der Waals surface area (Å²) in [4.78, 5) is 0. The molecular formula is C22H17ClN4. The smallest absolute Gasteiger partial charge is 0.158 e. The van der Waals surface area contributed by atoms with E-state index in [9.17, 15) is 0 Å². The molecule has 4 aromatic rings. The van der Waals surface area contributed by atoms with Gasteiger partial charge in [-0.2, -0.15) is 5.10 Å². The van der Waals surface area contributed by atoms with E-state index < -0.39 is 0 Å². The molecule has 1 atom stereocenters. The third-order valence-electron chi connectivity index (χ3n) is 4.84. The summed E-state index contributed by atoms with van der Waals surface area (Å²) in [5.41, 5.74) is 6.34. The fourth-order valence-corrected chi connectivity index (χ4v) is 3.66. The van der Waals surface area contributed by atoms with Gasteiger partial charge in [0.15, 0.2) is 5.82 Å². The summed E-state index contributed by atoms with van der Waals surface area (Å²) in [6.07, 6.45) is 0. The van der Waals surface area contributed by atoms with Crippen LogP contribution in [-0.2, 0) is 0 Å². The van der Waals surface area contributed by atoms with Crippen molar-refractivity contribution in [2.24, 2.45) is 0 Å². The van der Waals surface area contributed by atoms with Crippen LogP contribution in [0.4, 0.5) is 17.2 Å². The molecule has 132 valence electrons. The molecule has 0 saturated heterocycles. The molecule has 1 aromatic heterocycles. The summed E-state index contributed by atoms with van der Waals surface area (Å²) in [7, 11) is 0. The number of hydrogen-bond donors (Lipinski definition) is 3. The predicted octanol–water partition coefficient (Wildman–Crippen LogP) is 5.99. The molecule has 3 N–H and O–H groups in total. The zero-order valence-corrected chi connectivity index (χ0v) is 15.2. The average molecular weight is 373 g/mol. The number of anilines is 3. The van der Waals surface area contributed by atoms with Crippen LogP contribution in [0.2, 0.25) is 5.02 Å². The van der Waals surface area contributed by atoms with Crippen LogP contribution in [0.1, 0.15) is 17.2 Å². The maximum Gasteiger partial charge on any atom is 0.158 e. The fraction of sp³-hybridized carbons (Fsp3) is 0.0455. The van der Waals surface area contributed by atoms with Crippen molar-refractivity contribution in [2.75, 3.05) is 10.6 Å². The van der Waals surface area contributed by atoms with Gasteiger partial charge in [-0.1, -0.05) is 66.2 Å². The molecule has 0 amide bonds. The Hall–Kier alpha value is -3.24. The van der Waals surface area contributed by atoms with Gasteiger partial charge in [0.2, 0.25) is 0 Å². The van der Waals surface area contributed by atoms with Crippen LogP contribution in [-0.4, -0.2) is 10.2 Å². The minimum absolute atomic E-state index is 0.0672. The first-order valence-electron chi connectivity index (χ1n) is 8.81. The molecule has 5 rings (SSSR count). The molecule has 2 heterocycles. The zero-order chi connectivity index (χ0) is 18.2. The minimum atomic E-state index is -0.0672. The van der Waals surface area contributed by atoms with Crippen LogP contribution in [0.15, 0.2) is 78.9 Å². The van der Waals surface area contributed by atoms with Crippen LogP contribution in [0.5, 0.6) is 0 Å². The van der Waals surface area contributed by atoms with Crippen molar-refractivity contribution in [1.29, 1.82) is 0 Å². The van der Waals surface area contributed by atoms with Gasteiger partial charge in [-0.25, -0.2) is 0 Å². The van der Waals surface area contributed by atoms with E-state index in [1.54, 1.807) is 0 Å². The number of nitrogens with zero attached hydrogens (tertiary/aromatic N) is 1. The Morgan fingerprint density at radius 3 is 2.26 bits per heavy atom. The first-order chi connectivity index (χ1) is 13.3. The lowest BCUT2D eigenvalue weighted by molar-refractivity contribution is 0.953. The van der Waals surface area contributed by atoms with Gasteiger partial charge in [0.05, 0.1) is 23.1 Å². The number of H-pyrrole nitrogens is 1. The number of rotatable bonds is 2. The number of para-hydroxylation sites is 2. The lowest BCUT2D eigenvalue weighted by atomic mass is 9.95. The molecule has 0 fully saturated rings. The lowest BCUT2D eigenvalue weighted by Gasteiger charge is -2.20. The van der Waals surface area contributed by atoms with E-state index in [1.807, 2.05) is 48.5 Å². The van der Waals surface area contributed by atoms with Gasteiger partial charge in [-0.15, -0.1) is 0 Å². The number of aromatic nitrogens is 2. The molecule has 1 aliphatic heterocycles. The van der Waals surface area contributed by atoms with Crippen molar-refractivity contribution in [3.05, 3.63) is 95.0 Å². The highest BCUT2D eigenvalue weighted by Crippen LogP contribution is 2.43. The van der Waals surface area contributed by atoms with Gasteiger partial charge in [0, 0.05) is 10.6 Å². The van der Waals surface area contributed by atoms with E-state index in [2.05, 4.69) is 51.2 Å². The summed E-state index contributed by atoms with van der Waals surface area (Å²) < 4.78 is 0. The molecule has 4 nitrogen and oxygen atoms in total. The molecule has 3 aromatic carbocycles. The average Bonchev–Trinajstić information content (AvgIpc) is 3.04. The highest BCUT2D eigenvalue weighted by Gasteiger charge is 2.28. The van der Waals surface area contributed by atoms with Crippen molar-refractivity contribution >= 4 is 28.8 Å². The van der Waals surface area contributed by atoms with E-state index in [0.717, 1.165) is 44.6 Å². The fourth-order valence-electron chi connectivity index (χ4n) is 3.53. The van der Waals surface area contributed by atoms with Gasteiger partial charge in [0.1, 0.15) is 0 Å². The topological polar surface area (TPSA) is 52.7 Å². The minimum Gasteiger partial charge on any atom is -0.372 e. The van der Waals surface area contributed by atoms with Crippen molar-refractivity contribution in [2.45, 2.75) is 6.04 Å². The monoisotopic (exact) mass is 372 g/mol. The van der Waals surface area contributed by atoms with Crippen molar-refractivity contribution in [3.63, 3.8) is 0 Å². The van der Waals surface area contributed by atoms with E-state index in [4.69, 9.17) is 11.6 Å². The summed E-state index contributed by atoms with van der Waals surface area (Å²) in [5.74, 6) is 0.825. The molecule has 27 heavy (non-hydrogen) atoms. The second-order valence-corrected chi connectivity index (χ2v) is 6.96. The molecule has 0 aliphatic carbocycles. The zero-order valence-electron chi connectivity index (χ0n) is 14.4. The summed E-state index contributed by atoms with van der Waals surface area (Å²) in [5, 5.41) is 15.7. The normalized spacial score (nSPS) is 15.1. The molecule has 1 aliphatic rings. The van der Waals surface area contributed by atoms with Crippen LogP contribution in [0.3, 0.4) is 0 Å². The first-order valence-corrected chi connectivity index (χ1v) is 9.19. The number of benzene rings is 3. The summed E-state index contributed by atoms with van der Waals surface area (Å²) in [6, 6.07) is 26.3. The van der Waals surface area contributed by atoms with Gasteiger partial charge in [-0.05, 0) is 35.4 Å². The number of fused-ring (bicyclic) bond motifs is 2. The lowest BCUT2D eigenvalue weighted by Crippen LogP contribution is -2.12. The molecule has 0 radical (unpaired) electrons. The third-order valence-corrected chi connectivity index (χ3v) is 5.09. The standard InChI is InChI=1S/C22H17ClN4/c23-16-12-10-15(11-13-16)20-19-21(14-6-2-1-3-7-14)26-27-22(19)25-18-9-5-4-8-17(18)24-20/h1-13,20,24H,(H2,25,26,27)/t20-/m1/s1. The van der Waals surface area contributed by atoms with E-state index >= 15 is 0 Å². The highest BCUT2D eigenvalue weighted by molar-refractivity contribution is 6.30. The highest BCUT2D eigenvalue weighted by atomic mass is 35.5. The van der Waals surface area contributed by atoms with Crippen LogP contribution in [0.25, 0.3) is 11.3 Å². The number of aromatic amines is 1. The second kappa shape index (κ2) is 6.49.